The summed E-state index contributed by atoms with van der Waals surface area (Å²) < 4.78 is 41.3. The lowest BCUT2D eigenvalue weighted by molar-refractivity contribution is -0.137. The molecule has 2 aromatic heterocycles. The summed E-state index contributed by atoms with van der Waals surface area (Å²) in [7, 11) is 0. The third-order valence-electron chi connectivity index (χ3n) is 5.49. The van der Waals surface area contributed by atoms with E-state index in [1.54, 1.807) is 17.8 Å². The molecule has 162 valence electrons. The van der Waals surface area contributed by atoms with Gasteiger partial charge in [-0.1, -0.05) is 35.9 Å². The number of aryl methyl sites for hydroxylation is 1. The Balaban J connectivity index is 1.68. The first-order valence-corrected chi connectivity index (χ1v) is 10.2. The lowest BCUT2D eigenvalue weighted by Gasteiger charge is -2.33. The molecule has 0 saturated carbocycles. The molecule has 0 unspecified atom stereocenters. The molecule has 3 heterocycles. The highest BCUT2D eigenvalue weighted by molar-refractivity contribution is 6.34. The summed E-state index contributed by atoms with van der Waals surface area (Å²) in [5, 5.41) is 7.92. The molecule has 1 amide bonds. The van der Waals surface area contributed by atoms with E-state index in [1.165, 1.54) is 17.0 Å². The van der Waals surface area contributed by atoms with E-state index in [9.17, 15) is 18.0 Å². The molecule has 0 saturated heterocycles. The van der Waals surface area contributed by atoms with Gasteiger partial charge in [-0.3, -0.25) is 4.79 Å². The maximum Gasteiger partial charge on any atom is 0.417 e. The van der Waals surface area contributed by atoms with Crippen LogP contribution in [0.3, 0.4) is 0 Å². The third-order valence-corrected chi connectivity index (χ3v) is 5.90. The van der Waals surface area contributed by atoms with Crippen molar-refractivity contribution >= 4 is 17.5 Å². The second-order valence-electron chi connectivity index (χ2n) is 7.26. The summed E-state index contributed by atoms with van der Waals surface area (Å²) in [6, 6.07) is 6.69. The first kappa shape index (κ1) is 21.3. The molecule has 0 spiro atoms. The summed E-state index contributed by atoms with van der Waals surface area (Å²) in [5.41, 5.74) is 1.23. The number of benzene rings is 1. The number of fused-ring (bicyclic) bond motifs is 1. The van der Waals surface area contributed by atoms with Crippen LogP contribution in [0.4, 0.5) is 13.2 Å². The molecule has 0 aliphatic carbocycles. The maximum absolute atomic E-state index is 13.2. The number of carbonyl (C=O) groups excluding carboxylic acids is 1. The van der Waals surface area contributed by atoms with Crippen LogP contribution in [0.5, 0.6) is 0 Å². The van der Waals surface area contributed by atoms with Crippen LogP contribution >= 0.6 is 11.6 Å². The minimum absolute atomic E-state index is 0.183. The normalized spacial score (nSPS) is 16.3. The van der Waals surface area contributed by atoms with Gasteiger partial charge in [-0.25, -0.2) is 4.98 Å². The Hall–Kier alpha value is -2.94. The molecule has 0 N–H and O–H groups in total. The Morgan fingerprint density at radius 1 is 1.26 bits per heavy atom. The van der Waals surface area contributed by atoms with E-state index < -0.39 is 28.7 Å². The van der Waals surface area contributed by atoms with Crippen LogP contribution in [0.2, 0.25) is 5.02 Å². The fraction of sp³-hybridized carbons (Fsp3) is 0.333. The number of amides is 1. The van der Waals surface area contributed by atoms with Gasteiger partial charge in [-0.2, -0.15) is 17.9 Å². The van der Waals surface area contributed by atoms with Crippen molar-refractivity contribution in [1.82, 2.24) is 24.9 Å². The number of rotatable bonds is 3. The van der Waals surface area contributed by atoms with Crippen LogP contribution < -0.4 is 0 Å². The van der Waals surface area contributed by atoms with E-state index in [0.29, 0.717) is 24.5 Å². The quantitative estimate of drug-likeness (QED) is 0.583. The van der Waals surface area contributed by atoms with E-state index >= 15 is 0 Å². The maximum atomic E-state index is 13.2. The molecule has 10 heteroatoms. The van der Waals surface area contributed by atoms with Crippen molar-refractivity contribution in [3.63, 3.8) is 0 Å². The van der Waals surface area contributed by atoms with E-state index in [4.69, 9.17) is 11.6 Å². The summed E-state index contributed by atoms with van der Waals surface area (Å²) in [6.07, 6.45) is -1.75. The fourth-order valence-corrected chi connectivity index (χ4v) is 4.17. The molecule has 0 radical (unpaired) electrons. The zero-order valence-electron chi connectivity index (χ0n) is 16.8. The van der Waals surface area contributed by atoms with E-state index in [2.05, 4.69) is 15.3 Å². The van der Waals surface area contributed by atoms with Gasteiger partial charge in [0.05, 0.1) is 27.9 Å². The molecule has 1 aliphatic heterocycles. The van der Waals surface area contributed by atoms with Gasteiger partial charge in [0.15, 0.2) is 5.82 Å². The lowest BCUT2D eigenvalue weighted by atomic mass is 10.0. The summed E-state index contributed by atoms with van der Waals surface area (Å²) >= 11 is 5.97. The Morgan fingerprint density at radius 2 is 2.03 bits per heavy atom. The highest BCUT2D eigenvalue weighted by Gasteiger charge is 2.37. The Morgan fingerprint density at radius 3 is 2.74 bits per heavy atom. The van der Waals surface area contributed by atoms with Crippen LogP contribution in [0, 0.1) is 0 Å². The minimum Gasteiger partial charge on any atom is -0.330 e. The molecule has 0 fully saturated rings. The van der Waals surface area contributed by atoms with Crippen LogP contribution in [-0.2, 0) is 19.0 Å². The number of nitrogens with zero attached hydrogens (tertiary/aromatic N) is 5. The van der Waals surface area contributed by atoms with Crippen molar-refractivity contribution in [1.29, 1.82) is 0 Å². The summed E-state index contributed by atoms with van der Waals surface area (Å²) in [5.74, 6) is 0.113. The minimum atomic E-state index is -4.64. The topological polar surface area (TPSA) is 63.9 Å². The lowest BCUT2D eigenvalue weighted by Crippen LogP contribution is -2.39. The van der Waals surface area contributed by atoms with Gasteiger partial charge in [0.25, 0.3) is 5.91 Å². The van der Waals surface area contributed by atoms with Crippen LogP contribution in [0.25, 0.3) is 5.82 Å². The van der Waals surface area contributed by atoms with Crippen molar-refractivity contribution in [3.05, 3.63) is 69.6 Å². The van der Waals surface area contributed by atoms with Crippen LogP contribution in [0.1, 0.15) is 52.8 Å². The third kappa shape index (κ3) is 3.67. The highest BCUT2D eigenvalue weighted by atomic mass is 35.5. The van der Waals surface area contributed by atoms with Gasteiger partial charge in [-0.15, -0.1) is 5.10 Å². The van der Waals surface area contributed by atoms with Crippen molar-refractivity contribution < 1.29 is 18.0 Å². The first-order valence-electron chi connectivity index (χ1n) is 9.79. The van der Waals surface area contributed by atoms with Gasteiger partial charge >= 0.3 is 6.18 Å². The highest BCUT2D eigenvalue weighted by Crippen LogP contribution is 2.38. The second kappa shape index (κ2) is 7.96. The monoisotopic (exact) mass is 449 g/mol. The van der Waals surface area contributed by atoms with Crippen LogP contribution in [-0.4, -0.2) is 37.3 Å². The van der Waals surface area contributed by atoms with E-state index in [0.717, 1.165) is 23.7 Å². The first-order chi connectivity index (χ1) is 14.7. The number of halogens is 4. The van der Waals surface area contributed by atoms with Crippen molar-refractivity contribution in [2.24, 2.45) is 0 Å². The molecular formula is C21H19ClF3N5O. The van der Waals surface area contributed by atoms with E-state index in [1.807, 2.05) is 19.1 Å². The zero-order chi connectivity index (χ0) is 22.3. The summed E-state index contributed by atoms with van der Waals surface area (Å²) in [4.78, 5) is 19.0. The van der Waals surface area contributed by atoms with Crippen molar-refractivity contribution in [3.8, 4) is 5.82 Å². The molecular weight excluding hydrogens is 431 g/mol. The molecule has 1 aliphatic rings. The van der Waals surface area contributed by atoms with Gasteiger partial charge in [-0.05, 0) is 37.1 Å². The predicted molar refractivity (Wildman–Crippen MR) is 108 cm³/mol. The molecule has 1 atom stereocenters. The molecule has 1 aromatic carbocycles. The van der Waals surface area contributed by atoms with Crippen molar-refractivity contribution in [2.45, 2.75) is 38.9 Å². The van der Waals surface area contributed by atoms with Gasteiger partial charge in [0, 0.05) is 19.2 Å². The fourth-order valence-electron chi connectivity index (χ4n) is 3.85. The molecule has 4 rings (SSSR count). The second-order valence-corrected chi connectivity index (χ2v) is 7.64. The molecule has 6 nitrogen and oxygen atoms in total. The molecule has 31 heavy (non-hydrogen) atoms. The number of pyridine rings is 1. The standard InChI is InChI=1S/C21H19ClF3N5O/c1-3-13-6-5-10-26-19(13)30-16-9-11-29(12(2)18(16)27-28-30)20(31)14-7-4-8-15(17(14)22)21(23,24)25/h4-8,10,12H,3,9,11H2,1-2H3/t12-/m1/s1. The largest absolute Gasteiger partial charge is 0.417 e. The van der Waals surface area contributed by atoms with Gasteiger partial charge in [0.2, 0.25) is 0 Å². The number of hydrogen-bond donors (Lipinski definition) is 0. The molecule has 3 aromatic rings. The Bertz CT molecular complexity index is 1140. The SMILES string of the molecule is CCc1cccnc1-n1nnc2c1CCN(C(=O)c1cccc(C(F)(F)F)c1Cl)[C@@H]2C. The molecule has 0 bridgehead atoms. The number of aromatic nitrogens is 4. The number of carbonyl (C=O) groups is 1. The summed E-state index contributed by atoms with van der Waals surface area (Å²) in [6.45, 7) is 4.09. The zero-order valence-corrected chi connectivity index (χ0v) is 17.6. The Labute approximate surface area is 181 Å². The predicted octanol–water partition coefficient (Wildman–Crippen LogP) is 4.66. The average molecular weight is 450 g/mol. The number of hydrogen-bond acceptors (Lipinski definition) is 4. The van der Waals surface area contributed by atoms with Crippen LogP contribution in [0.15, 0.2) is 36.5 Å². The van der Waals surface area contributed by atoms with E-state index in [-0.39, 0.29) is 5.56 Å². The Kier molecular flexibility index (Phi) is 5.47. The van der Waals surface area contributed by atoms with Gasteiger partial charge < -0.3 is 4.90 Å². The van der Waals surface area contributed by atoms with Crippen molar-refractivity contribution in [2.75, 3.05) is 6.54 Å². The van der Waals surface area contributed by atoms with Gasteiger partial charge in [0.1, 0.15) is 5.69 Å². The number of alkyl halides is 3. The average Bonchev–Trinajstić information content (AvgIpc) is 3.17. The smallest absolute Gasteiger partial charge is 0.330 e.